The molecule has 0 saturated heterocycles. The molecule has 0 bridgehead atoms. The van der Waals surface area contributed by atoms with Crippen LogP contribution in [0.15, 0.2) is 29.2 Å². The van der Waals surface area contributed by atoms with E-state index >= 15 is 0 Å². The molecule has 2 aromatic heterocycles. The molecule has 24 heavy (non-hydrogen) atoms. The van der Waals surface area contributed by atoms with Crippen molar-refractivity contribution in [2.45, 2.75) is 40.3 Å². The SMILES string of the molecule is CC(=O)NC(C(=O)OCc1cc(=O)n2cc(C)ccc2n1)C(C)C. The first kappa shape index (κ1) is 17.7. The van der Waals surface area contributed by atoms with Gasteiger partial charge in [0.05, 0.1) is 5.69 Å². The van der Waals surface area contributed by atoms with E-state index in [4.69, 9.17) is 4.74 Å². The Hall–Kier alpha value is -2.70. The standard InChI is InChI=1S/C17H21N3O4/c1-10(2)16(18-12(4)21)17(23)24-9-13-7-15(22)20-8-11(3)5-6-14(20)19-13/h5-8,10,16H,9H2,1-4H3,(H,18,21). The Morgan fingerprint density at radius 3 is 2.67 bits per heavy atom. The van der Waals surface area contributed by atoms with Gasteiger partial charge in [-0.25, -0.2) is 9.78 Å². The molecular weight excluding hydrogens is 310 g/mol. The number of aryl methyl sites for hydroxylation is 1. The summed E-state index contributed by atoms with van der Waals surface area (Å²) in [5, 5.41) is 2.56. The zero-order valence-electron chi connectivity index (χ0n) is 14.2. The van der Waals surface area contributed by atoms with Gasteiger partial charge in [-0.05, 0) is 24.5 Å². The monoisotopic (exact) mass is 331 g/mol. The summed E-state index contributed by atoms with van der Waals surface area (Å²) in [6.45, 7) is 6.73. The van der Waals surface area contributed by atoms with Gasteiger partial charge in [0.15, 0.2) is 0 Å². The van der Waals surface area contributed by atoms with Gasteiger partial charge in [0.2, 0.25) is 5.91 Å². The second-order valence-electron chi connectivity index (χ2n) is 6.05. The molecule has 0 aromatic carbocycles. The van der Waals surface area contributed by atoms with Gasteiger partial charge in [0.1, 0.15) is 18.3 Å². The molecule has 0 spiro atoms. The Balaban J connectivity index is 2.15. The number of ether oxygens (including phenoxy) is 1. The maximum absolute atomic E-state index is 12.1. The fourth-order valence-corrected chi connectivity index (χ4v) is 2.28. The Morgan fingerprint density at radius 1 is 1.33 bits per heavy atom. The highest BCUT2D eigenvalue weighted by Crippen LogP contribution is 2.07. The zero-order chi connectivity index (χ0) is 17.9. The lowest BCUT2D eigenvalue weighted by Crippen LogP contribution is -2.44. The number of hydrogen-bond acceptors (Lipinski definition) is 5. The second-order valence-corrected chi connectivity index (χ2v) is 6.05. The van der Waals surface area contributed by atoms with Crippen LogP contribution in [-0.2, 0) is 20.9 Å². The van der Waals surface area contributed by atoms with Crippen LogP contribution < -0.4 is 10.9 Å². The van der Waals surface area contributed by atoms with Gasteiger partial charge in [0.25, 0.3) is 5.56 Å². The molecule has 128 valence electrons. The number of aromatic nitrogens is 2. The predicted molar refractivity (Wildman–Crippen MR) is 88.4 cm³/mol. The van der Waals surface area contributed by atoms with Crippen LogP contribution in [0.2, 0.25) is 0 Å². The van der Waals surface area contributed by atoms with Crippen molar-refractivity contribution in [3.05, 3.63) is 46.0 Å². The number of hydrogen-bond donors (Lipinski definition) is 1. The highest BCUT2D eigenvalue weighted by molar-refractivity contribution is 5.83. The quantitative estimate of drug-likeness (QED) is 0.832. The third-order valence-electron chi connectivity index (χ3n) is 3.50. The van der Waals surface area contributed by atoms with Crippen LogP contribution in [0.5, 0.6) is 0 Å². The smallest absolute Gasteiger partial charge is 0.329 e. The lowest BCUT2D eigenvalue weighted by molar-refractivity contribution is -0.150. The van der Waals surface area contributed by atoms with Crippen molar-refractivity contribution in [2.24, 2.45) is 5.92 Å². The van der Waals surface area contributed by atoms with Gasteiger partial charge >= 0.3 is 5.97 Å². The molecular formula is C17H21N3O4. The van der Waals surface area contributed by atoms with E-state index in [1.807, 2.05) is 26.8 Å². The van der Waals surface area contributed by atoms with Crippen LogP contribution in [0.25, 0.3) is 5.65 Å². The average molecular weight is 331 g/mol. The predicted octanol–water partition coefficient (Wildman–Crippen LogP) is 1.21. The van der Waals surface area contributed by atoms with E-state index in [-0.39, 0.29) is 24.0 Å². The maximum Gasteiger partial charge on any atom is 0.329 e. The zero-order valence-corrected chi connectivity index (χ0v) is 14.2. The molecule has 1 unspecified atom stereocenters. The molecule has 0 fully saturated rings. The molecule has 1 N–H and O–H groups in total. The van der Waals surface area contributed by atoms with Crippen LogP contribution in [0.3, 0.4) is 0 Å². The lowest BCUT2D eigenvalue weighted by atomic mass is 10.0. The summed E-state index contributed by atoms with van der Waals surface area (Å²) in [6.07, 6.45) is 1.70. The summed E-state index contributed by atoms with van der Waals surface area (Å²) >= 11 is 0. The second kappa shape index (κ2) is 7.25. The van der Waals surface area contributed by atoms with Crippen molar-refractivity contribution in [3.8, 4) is 0 Å². The first-order chi connectivity index (χ1) is 11.3. The summed E-state index contributed by atoms with van der Waals surface area (Å²) in [5.41, 5.74) is 1.56. The average Bonchev–Trinajstić information content (AvgIpc) is 2.50. The van der Waals surface area contributed by atoms with E-state index in [0.717, 1.165) is 5.56 Å². The van der Waals surface area contributed by atoms with Crippen molar-refractivity contribution < 1.29 is 14.3 Å². The van der Waals surface area contributed by atoms with Crippen molar-refractivity contribution >= 4 is 17.5 Å². The van der Waals surface area contributed by atoms with E-state index in [1.165, 1.54) is 17.4 Å². The molecule has 2 aromatic rings. The van der Waals surface area contributed by atoms with E-state index < -0.39 is 12.0 Å². The molecule has 0 saturated carbocycles. The largest absolute Gasteiger partial charge is 0.458 e. The third-order valence-corrected chi connectivity index (χ3v) is 3.50. The Kier molecular flexibility index (Phi) is 5.33. The summed E-state index contributed by atoms with van der Waals surface area (Å²) in [6, 6.07) is 4.19. The van der Waals surface area contributed by atoms with E-state index in [2.05, 4.69) is 10.3 Å². The van der Waals surface area contributed by atoms with E-state index in [1.54, 1.807) is 12.3 Å². The van der Waals surface area contributed by atoms with Crippen LogP contribution >= 0.6 is 0 Å². The summed E-state index contributed by atoms with van der Waals surface area (Å²) in [4.78, 5) is 39.7. The number of nitrogens with one attached hydrogen (secondary N) is 1. The van der Waals surface area contributed by atoms with Gasteiger partial charge in [-0.2, -0.15) is 0 Å². The molecule has 0 aliphatic heterocycles. The van der Waals surface area contributed by atoms with Crippen LogP contribution in [0.4, 0.5) is 0 Å². The molecule has 1 amide bonds. The Morgan fingerprint density at radius 2 is 2.04 bits per heavy atom. The number of esters is 1. The molecule has 0 aliphatic rings. The van der Waals surface area contributed by atoms with Crippen molar-refractivity contribution in [1.29, 1.82) is 0 Å². The minimum absolute atomic E-state index is 0.112. The summed E-state index contributed by atoms with van der Waals surface area (Å²) in [5.74, 6) is -0.964. The number of nitrogens with zero attached hydrogens (tertiary/aromatic N) is 2. The fraction of sp³-hybridized carbons (Fsp3) is 0.412. The minimum atomic E-state index is -0.730. The van der Waals surface area contributed by atoms with Gasteiger partial charge < -0.3 is 10.1 Å². The van der Waals surface area contributed by atoms with Gasteiger partial charge in [0, 0.05) is 19.2 Å². The summed E-state index contributed by atoms with van der Waals surface area (Å²) in [7, 11) is 0. The lowest BCUT2D eigenvalue weighted by Gasteiger charge is -2.19. The number of pyridine rings is 1. The number of rotatable bonds is 5. The van der Waals surface area contributed by atoms with Crippen molar-refractivity contribution in [1.82, 2.24) is 14.7 Å². The van der Waals surface area contributed by atoms with Gasteiger partial charge in [-0.1, -0.05) is 19.9 Å². The first-order valence-electron chi connectivity index (χ1n) is 7.70. The molecule has 7 heteroatoms. The number of carbonyl (C=O) groups excluding carboxylic acids is 2. The highest BCUT2D eigenvalue weighted by Gasteiger charge is 2.24. The Bertz CT molecular complexity index is 826. The van der Waals surface area contributed by atoms with Gasteiger partial charge in [-0.15, -0.1) is 0 Å². The number of amides is 1. The minimum Gasteiger partial charge on any atom is -0.458 e. The number of carbonyl (C=O) groups is 2. The van der Waals surface area contributed by atoms with E-state index in [9.17, 15) is 14.4 Å². The van der Waals surface area contributed by atoms with Crippen molar-refractivity contribution in [2.75, 3.05) is 0 Å². The maximum atomic E-state index is 12.1. The van der Waals surface area contributed by atoms with Crippen LogP contribution in [0, 0.1) is 12.8 Å². The fourth-order valence-electron chi connectivity index (χ4n) is 2.28. The van der Waals surface area contributed by atoms with Crippen LogP contribution in [0.1, 0.15) is 32.0 Å². The van der Waals surface area contributed by atoms with Crippen molar-refractivity contribution in [3.63, 3.8) is 0 Å². The Labute approximate surface area is 139 Å². The molecule has 2 rings (SSSR count). The molecule has 1 atom stereocenters. The number of fused-ring (bicyclic) bond motifs is 1. The highest BCUT2D eigenvalue weighted by atomic mass is 16.5. The summed E-state index contributed by atoms with van der Waals surface area (Å²) < 4.78 is 6.66. The first-order valence-corrected chi connectivity index (χ1v) is 7.70. The third kappa shape index (κ3) is 4.18. The molecule has 0 aliphatic carbocycles. The van der Waals surface area contributed by atoms with Gasteiger partial charge in [-0.3, -0.25) is 14.0 Å². The normalized spacial score (nSPS) is 12.2. The van der Waals surface area contributed by atoms with E-state index in [0.29, 0.717) is 11.3 Å². The molecule has 2 heterocycles. The topological polar surface area (TPSA) is 89.8 Å². The molecule has 7 nitrogen and oxygen atoms in total. The van der Waals surface area contributed by atoms with Crippen LogP contribution in [-0.4, -0.2) is 27.3 Å². The molecule has 0 radical (unpaired) electrons.